The molecule has 2 rings (SSSR count). The molecule has 1 fully saturated rings. The lowest BCUT2D eigenvalue weighted by Gasteiger charge is -2.28. The molecule has 1 aliphatic rings. The number of hydrogen-bond acceptors (Lipinski definition) is 6. The molecule has 8 nitrogen and oxygen atoms in total. The maximum absolute atomic E-state index is 12.5. The summed E-state index contributed by atoms with van der Waals surface area (Å²) in [5.74, 6) is -2.83. The van der Waals surface area contributed by atoms with Crippen LogP contribution in [0, 0.1) is 0 Å². The van der Waals surface area contributed by atoms with Gasteiger partial charge in [-0.1, -0.05) is 19.4 Å². The number of thiophene rings is 1. The number of alkyl halides is 3. The molecule has 0 aromatic carbocycles. The maximum atomic E-state index is 12.5. The minimum atomic E-state index is -5.08. The molecular weight excluding hydrogens is 447 g/mol. The second-order valence-electron chi connectivity index (χ2n) is 6.39. The highest BCUT2D eigenvalue weighted by atomic mass is 32.2. The molecule has 0 unspecified atom stereocenters. The quantitative estimate of drug-likeness (QED) is 0.597. The molecule has 1 saturated heterocycles. The van der Waals surface area contributed by atoms with Gasteiger partial charge in [0.1, 0.15) is 0 Å². The number of sulfonamides is 1. The van der Waals surface area contributed by atoms with Crippen molar-refractivity contribution in [2.45, 2.75) is 25.9 Å². The lowest BCUT2D eigenvalue weighted by Crippen LogP contribution is -2.48. The van der Waals surface area contributed by atoms with Gasteiger partial charge in [-0.3, -0.25) is 4.79 Å². The Balaban J connectivity index is 0.000000553. The Bertz CT molecular complexity index is 764. The van der Waals surface area contributed by atoms with E-state index >= 15 is 0 Å². The molecule has 0 saturated carbocycles. The van der Waals surface area contributed by atoms with Crippen LogP contribution in [-0.4, -0.2) is 85.8 Å². The molecule has 1 amide bonds. The number of piperazine rings is 1. The van der Waals surface area contributed by atoms with Crippen LogP contribution in [0.4, 0.5) is 13.2 Å². The van der Waals surface area contributed by atoms with Crippen LogP contribution < -0.4 is 5.32 Å². The third kappa shape index (κ3) is 8.98. The summed E-state index contributed by atoms with van der Waals surface area (Å²) < 4.78 is 58.1. The summed E-state index contributed by atoms with van der Waals surface area (Å²) >= 11 is 1.39. The molecule has 2 heterocycles. The summed E-state index contributed by atoms with van der Waals surface area (Å²) in [6.45, 7) is 5.31. The molecule has 13 heteroatoms. The van der Waals surface area contributed by atoms with E-state index in [1.54, 1.807) is 11.0 Å². The number of carboxylic acids is 1. The fourth-order valence-corrected chi connectivity index (χ4v) is 4.64. The summed E-state index contributed by atoms with van der Waals surface area (Å²) in [7, 11) is -3.30. The Kier molecular flexibility index (Phi) is 10.7. The second kappa shape index (κ2) is 12.2. The zero-order valence-electron chi connectivity index (χ0n) is 16.5. The smallest absolute Gasteiger partial charge is 0.475 e. The van der Waals surface area contributed by atoms with E-state index in [9.17, 15) is 26.4 Å². The van der Waals surface area contributed by atoms with Crippen molar-refractivity contribution in [1.29, 1.82) is 0 Å². The normalized spacial score (nSPS) is 15.2. The first-order chi connectivity index (χ1) is 14.0. The van der Waals surface area contributed by atoms with Gasteiger partial charge < -0.3 is 15.3 Å². The number of nitrogens with zero attached hydrogens (tertiary/aromatic N) is 2. The predicted octanol–water partition coefficient (Wildman–Crippen LogP) is 1.86. The Labute approximate surface area is 177 Å². The van der Waals surface area contributed by atoms with Crippen molar-refractivity contribution in [1.82, 2.24) is 14.5 Å². The second-order valence-corrected chi connectivity index (χ2v) is 9.43. The highest BCUT2D eigenvalue weighted by Gasteiger charge is 2.38. The molecule has 2 N–H and O–H groups in total. The average Bonchev–Trinajstić information content (AvgIpc) is 3.23. The minimum Gasteiger partial charge on any atom is -0.475 e. The van der Waals surface area contributed by atoms with E-state index in [1.165, 1.54) is 15.6 Å². The number of unbranched alkanes of at least 4 members (excludes halogenated alkanes) is 1. The largest absolute Gasteiger partial charge is 0.490 e. The number of halogens is 3. The summed E-state index contributed by atoms with van der Waals surface area (Å²) in [6.07, 6.45) is -3.23. The third-order valence-corrected chi connectivity index (χ3v) is 6.84. The minimum absolute atomic E-state index is 0.00612. The molecule has 0 radical (unpaired) electrons. The first-order valence-corrected chi connectivity index (χ1v) is 11.8. The average molecular weight is 474 g/mol. The molecule has 1 aliphatic heterocycles. The maximum Gasteiger partial charge on any atom is 0.490 e. The molecule has 0 atom stereocenters. The first-order valence-electron chi connectivity index (χ1n) is 9.30. The van der Waals surface area contributed by atoms with Gasteiger partial charge in [0.25, 0.3) is 5.91 Å². The van der Waals surface area contributed by atoms with Gasteiger partial charge in [-0.05, 0) is 17.9 Å². The Morgan fingerprint density at radius 3 is 2.33 bits per heavy atom. The van der Waals surface area contributed by atoms with E-state index in [1.807, 2.05) is 11.4 Å². The fourth-order valence-electron chi connectivity index (χ4n) is 2.50. The van der Waals surface area contributed by atoms with Crippen molar-refractivity contribution in [3.8, 4) is 0 Å². The van der Waals surface area contributed by atoms with Gasteiger partial charge in [0.05, 0.1) is 10.6 Å². The topological polar surface area (TPSA) is 107 Å². The zero-order chi connectivity index (χ0) is 22.8. The molecule has 0 spiro atoms. The van der Waals surface area contributed by atoms with Crippen LogP contribution in [0.1, 0.15) is 29.4 Å². The molecule has 172 valence electrons. The summed E-state index contributed by atoms with van der Waals surface area (Å²) in [4.78, 5) is 23.8. The first kappa shape index (κ1) is 26.3. The molecule has 0 aliphatic carbocycles. The van der Waals surface area contributed by atoms with Crippen molar-refractivity contribution >= 4 is 33.2 Å². The highest BCUT2D eigenvalue weighted by Crippen LogP contribution is 2.14. The molecule has 0 bridgehead atoms. The Hall–Kier alpha value is -1.70. The number of rotatable bonds is 8. The van der Waals surface area contributed by atoms with Crippen molar-refractivity contribution < 1.29 is 36.3 Å². The number of nitrogens with one attached hydrogen (secondary N) is 1. The number of carboxylic acid groups (broad SMARTS) is 1. The highest BCUT2D eigenvalue weighted by molar-refractivity contribution is 7.89. The van der Waals surface area contributed by atoms with Gasteiger partial charge in [0.15, 0.2) is 0 Å². The van der Waals surface area contributed by atoms with Crippen LogP contribution in [-0.2, 0) is 14.8 Å². The van der Waals surface area contributed by atoms with Crippen LogP contribution in [0.15, 0.2) is 17.5 Å². The summed E-state index contributed by atoms with van der Waals surface area (Å²) in [5, 5.41) is 12.1. The van der Waals surface area contributed by atoms with Gasteiger partial charge in [0, 0.05) is 39.3 Å². The van der Waals surface area contributed by atoms with Crippen molar-refractivity contribution in [2.24, 2.45) is 0 Å². The van der Waals surface area contributed by atoms with Crippen LogP contribution in [0.3, 0.4) is 0 Å². The summed E-state index contributed by atoms with van der Waals surface area (Å²) in [6, 6.07) is 3.63. The van der Waals surface area contributed by atoms with Gasteiger partial charge in [-0.15, -0.1) is 11.3 Å². The predicted molar refractivity (Wildman–Crippen MR) is 107 cm³/mol. The van der Waals surface area contributed by atoms with Crippen LogP contribution in [0.2, 0.25) is 0 Å². The molecule has 30 heavy (non-hydrogen) atoms. The van der Waals surface area contributed by atoms with E-state index < -0.39 is 22.2 Å². The van der Waals surface area contributed by atoms with Crippen molar-refractivity contribution in [2.75, 3.05) is 45.0 Å². The molecular formula is C17H26F3N3O5S2. The number of aliphatic carboxylic acids is 1. The van der Waals surface area contributed by atoms with Crippen molar-refractivity contribution in [3.05, 3.63) is 22.4 Å². The number of carbonyl (C=O) groups is 2. The molecule has 1 aromatic heterocycles. The van der Waals surface area contributed by atoms with E-state index in [-0.39, 0.29) is 18.2 Å². The number of carbonyl (C=O) groups excluding carboxylic acids is 1. The zero-order valence-corrected chi connectivity index (χ0v) is 18.2. The van der Waals surface area contributed by atoms with Gasteiger partial charge in [-0.25, -0.2) is 13.2 Å². The van der Waals surface area contributed by atoms with E-state index in [2.05, 4.69) is 12.2 Å². The SMILES string of the molecule is CCCCN(CCS(=O)(=O)N1CCNCC1)C(=O)c1cccs1.O=C(O)C(F)(F)F. The number of amides is 1. The molecule has 1 aromatic rings. The van der Waals surface area contributed by atoms with E-state index in [4.69, 9.17) is 9.90 Å². The fraction of sp³-hybridized carbons (Fsp3) is 0.647. The van der Waals surface area contributed by atoms with E-state index in [0.29, 0.717) is 37.6 Å². The van der Waals surface area contributed by atoms with Crippen LogP contribution in [0.25, 0.3) is 0 Å². The van der Waals surface area contributed by atoms with Gasteiger partial charge in [-0.2, -0.15) is 17.5 Å². The summed E-state index contributed by atoms with van der Waals surface area (Å²) in [5.41, 5.74) is 0. The lowest BCUT2D eigenvalue weighted by molar-refractivity contribution is -0.192. The van der Waals surface area contributed by atoms with Crippen LogP contribution in [0.5, 0.6) is 0 Å². The van der Waals surface area contributed by atoms with Gasteiger partial charge >= 0.3 is 12.1 Å². The van der Waals surface area contributed by atoms with Crippen molar-refractivity contribution in [3.63, 3.8) is 0 Å². The Morgan fingerprint density at radius 2 is 1.87 bits per heavy atom. The number of hydrogen-bond donors (Lipinski definition) is 2. The third-order valence-electron chi connectivity index (χ3n) is 4.13. The Morgan fingerprint density at radius 1 is 1.27 bits per heavy atom. The van der Waals surface area contributed by atoms with E-state index in [0.717, 1.165) is 12.8 Å². The van der Waals surface area contributed by atoms with Gasteiger partial charge in [0.2, 0.25) is 10.0 Å². The standard InChI is InChI=1S/C15H25N3O3S2.C2HF3O2/c1-2-3-8-17(15(19)14-5-4-12-22-14)11-13-23(20,21)18-9-6-16-7-10-18;3-2(4,5)1(6)7/h4-5,12,16H,2-3,6-11,13H2,1H3;(H,6,7). The lowest BCUT2D eigenvalue weighted by atomic mass is 10.3. The van der Waals surface area contributed by atoms with Crippen LogP contribution >= 0.6 is 11.3 Å². The monoisotopic (exact) mass is 473 g/mol.